The van der Waals surface area contributed by atoms with Crippen LogP contribution in [-0.2, 0) is 6.61 Å². The summed E-state index contributed by atoms with van der Waals surface area (Å²) in [4.78, 5) is 10.2. The number of non-ortho nitro benzene ring substituents is 1. The second kappa shape index (κ2) is 9.84. The molecule has 30 heavy (non-hydrogen) atoms. The Morgan fingerprint density at radius 3 is 2.47 bits per heavy atom. The number of benzene rings is 3. The number of anilines is 1. The molecule has 0 bridgehead atoms. The van der Waals surface area contributed by atoms with Gasteiger partial charge in [0.1, 0.15) is 12.4 Å². The predicted molar refractivity (Wildman–Crippen MR) is 116 cm³/mol. The molecule has 0 unspecified atom stereocenters. The second-order valence-electron chi connectivity index (χ2n) is 6.11. The minimum atomic E-state index is -0.462. The smallest absolute Gasteiger partial charge is 0.269 e. The Kier molecular flexibility index (Phi) is 6.97. The summed E-state index contributed by atoms with van der Waals surface area (Å²) in [5.41, 5.74) is 4.99. The molecule has 0 fully saturated rings. The van der Waals surface area contributed by atoms with Gasteiger partial charge in [0.05, 0.1) is 23.9 Å². The van der Waals surface area contributed by atoms with Gasteiger partial charge in [-0.3, -0.25) is 15.5 Å². The molecule has 154 valence electrons. The van der Waals surface area contributed by atoms with E-state index in [4.69, 9.17) is 9.47 Å². The lowest BCUT2D eigenvalue weighted by Gasteiger charge is -2.13. The number of hydrogen-bond donors (Lipinski definition) is 1. The van der Waals surface area contributed by atoms with E-state index in [0.717, 1.165) is 15.6 Å². The van der Waals surface area contributed by atoms with Crippen LogP contribution in [0.2, 0.25) is 0 Å². The molecule has 0 aliphatic heterocycles. The predicted octanol–water partition coefficient (Wildman–Crippen LogP) is 5.53. The van der Waals surface area contributed by atoms with Crippen LogP contribution in [0.15, 0.2) is 70.2 Å². The zero-order chi connectivity index (χ0) is 21.5. The van der Waals surface area contributed by atoms with E-state index in [2.05, 4.69) is 26.5 Å². The minimum absolute atomic E-state index is 0.00763. The highest BCUT2D eigenvalue weighted by Crippen LogP contribution is 2.33. The average molecular weight is 474 g/mol. The number of halogens is 2. The average Bonchev–Trinajstić information content (AvgIpc) is 2.75. The topological polar surface area (TPSA) is 86.0 Å². The van der Waals surface area contributed by atoms with Crippen molar-refractivity contribution in [2.24, 2.45) is 5.10 Å². The number of rotatable bonds is 8. The number of hydrogen-bond acceptors (Lipinski definition) is 6. The maximum Gasteiger partial charge on any atom is 0.269 e. The fourth-order valence-corrected chi connectivity index (χ4v) is 2.92. The molecule has 0 aliphatic carbocycles. The third-order valence-electron chi connectivity index (χ3n) is 4.07. The highest BCUT2D eigenvalue weighted by Gasteiger charge is 2.10. The number of nitro benzene ring substituents is 1. The largest absolute Gasteiger partial charge is 0.493 e. The SMILES string of the molecule is COc1cc(/C=N\Nc2ccc([N+](=O)[O-])cc2)c(Br)cc1OCc1ccc(F)cc1. The molecule has 9 heteroatoms. The van der Waals surface area contributed by atoms with Gasteiger partial charge in [-0.25, -0.2) is 4.39 Å². The lowest BCUT2D eigenvalue weighted by Crippen LogP contribution is -1.99. The van der Waals surface area contributed by atoms with Crippen molar-refractivity contribution in [1.29, 1.82) is 0 Å². The summed E-state index contributed by atoms with van der Waals surface area (Å²) in [6, 6.07) is 15.5. The fraction of sp³-hybridized carbons (Fsp3) is 0.0952. The molecule has 0 spiro atoms. The normalized spacial score (nSPS) is 10.8. The van der Waals surface area contributed by atoms with Crippen LogP contribution in [0.5, 0.6) is 11.5 Å². The standard InChI is InChI=1S/C21H17BrFN3O4/c1-29-20-10-15(12-24-25-17-6-8-18(9-7-17)26(27)28)19(22)11-21(20)30-13-14-2-4-16(23)5-3-14/h2-12,25H,13H2,1H3/b24-12-. The second-order valence-corrected chi connectivity index (χ2v) is 6.97. The number of nitrogens with one attached hydrogen (secondary N) is 1. The number of nitrogens with zero attached hydrogens (tertiary/aromatic N) is 2. The van der Waals surface area contributed by atoms with Crippen molar-refractivity contribution in [2.45, 2.75) is 6.61 Å². The minimum Gasteiger partial charge on any atom is -0.493 e. The van der Waals surface area contributed by atoms with Gasteiger partial charge in [0.2, 0.25) is 0 Å². The Morgan fingerprint density at radius 1 is 1.13 bits per heavy atom. The van der Waals surface area contributed by atoms with Crippen molar-refractivity contribution >= 4 is 33.5 Å². The molecular formula is C21H17BrFN3O4. The summed E-state index contributed by atoms with van der Waals surface area (Å²) in [7, 11) is 1.53. The third-order valence-corrected chi connectivity index (χ3v) is 4.75. The van der Waals surface area contributed by atoms with E-state index >= 15 is 0 Å². The fourth-order valence-electron chi connectivity index (χ4n) is 2.50. The van der Waals surface area contributed by atoms with E-state index in [1.54, 1.807) is 42.6 Å². The first-order valence-electron chi connectivity index (χ1n) is 8.74. The van der Waals surface area contributed by atoms with Crippen LogP contribution in [0, 0.1) is 15.9 Å². The van der Waals surface area contributed by atoms with E-state index in [1.807, 2.05) is 0 Å². The summed E-state index contributed by atoms with van der Waals surface area (Å²) >= 11 is 3.48. The molecule has 3 aromatic rings. The van der Waals surface area contributed by atoms with Gasteiger partial charge in [-0.15, -0.1) is 0 Å². The van der Waals surface area contributed by atoms with Crippen molar-refractivity contribution in [3.63, 3.8) is 0 Å². The van der Waals surface area contributed by atoms with Crippen LogP contribution >= 0.6 is 15.9 Å². The molecule has 0 saturated heterocycles. The molecule has 0 atom stereocenters. The molecule has 7 nitrogen and oxygen atoms in total. The first kappa shape index (κ1) is 21.3. The number of methoxy groups -OCH3 is 1. The number of hydrazone groups is 1. The molecule has 0 aromatic heterocycles. The van der Waals surface area contributed by atoms with Gasteiger partial charge in [0.15, 0.2) is 11.5 Å². The maximum absolute atomic E-state index is 13.0. The van der Waals surface area contributed by atoms with Gasteiger partial charge < -0.3 is 9.47 Å². The Hall–Kier alpha value is -3.46. The quantitative estimate of drug-likeness (QED) is 0.264. The van der Waals surface area contributed by atoms with Crippen LogP contribution in [0.3, 0.4) is 0 Å². The zero-order valence-electron chi connectivity index (χ0n) is 15.8. The van der Waals surface area contributed by atoms with E-state index in [-0.39, 0.29) is 18.1 Å². The third kappa shape index (κ3) is 5.54. The Morgan fingerprint density at radius 2 is 1.83 bits per heavy atom. The molecule has 3 aromatic carbocycles. The monoisotopic (exact) mass is 473 g/mol. The summed E-state index contributed by atoms with van der Waals surface area (Å²) in [6.07, 6.45) is 1.58. The van der Waals surface area contributed by atoms with Crippen LogP contribution < -0.4 is 14.9 Å². The van der Waals surface area contributed by atoms with Crippen molar-refractivity contribution in [1.82, 2.24) is 0 Å². The molecule has 0 radical (unpaired) electrons. The first-order chi connectivity index (χ1) is 14.5. The Balaban J connectivity index is 1.68. The summed E-state index contributed by atoms with van der Waals surface area (Å²) in [5.74, 6) is 0.733. The lowest BCUT2D eigenvalue weighted by atomic mass is 10.2. The summed E-state index contributed by atoms with van der Waals surface area (Å²) < 4.78 is 24.9. The van der Waals surface area contributed by atoms with Crippen LogP contribution in [0.25, 0.3) is 0 Å². The first-order valence-corrected chi connectivity index (χ1v) is 9.54. The Labute approximate surface area is 180 Å². The molecule has 1 N–H and O–H groups in total. The molecule has 0 saturated carbocycles. The van der Waals surface area contributed by atoms with Crippen molar-refractivity contribution < 1.29 is 18.8 Å². The van der Waals surface area contributed by atoms with Crippen LogP contribution in [-0.4, -0.2) is 18.2 Å². The van der Waals surface area contributed by atoms with E-state index in [9.17, 15) is 14.5 Å². The summed E-state index contributed by atoms with van der Waals surface area (Å²) in [6.45, 7) is 0.262. The molecule has 0 aliphatic rings. The maximum atomic E-state index is 13.0. The van der Waals surface area contributed by atoms with Gasteiger partial charge in [0, 0.05) is 22.2 Å². The lowest BCUT2D eigenvalue weighted by molar-refractivity contribution is -0.384. The van der Waals surface area contributed by atoms with Crippen LogP contribution in [0.4, 0.5) is 15.8 Å². The molecule has 3 rings (SSSR count). The highest BCUT2D eigenvalue weighted by molar-refractivity contribution is 9.10. The van der Waals surface area contributed by atoms with Crippen molar-refractivity contribution in [3.8, 4) is 11.5 Å². The molecule has 0 amide bonds. The summed E-state index contributed by atoms with van der Waals surface area (Å²) in [5, 5.41) is 14.8. The van der Waals surface area contributed by atoms with Gasteiger partial charge >= 0.3 is 0 Å². The van der Waals surface area contributed by atoms with E-state index in [0.29, 0.717) is 17.2 Å². The van der Waals surface area contributed by atoms with Crippen molar-refractivity contribution in [3.05, 3.63) is 92.2 Å². The molecular weight excluding hydrogens is 457 g/mol. The van der Waals surface area contributed by atoms with Crippen LogP contribution in [0.1, 0.15) is 11.1 Å². The van der Waals surface area contributed by atoms with Gasteiger partial charge in [0.25, 0.3) is 5.69 Å². The zero-order valence-corrected chi connectivity index (χ0v) is 17.4. The van der Waals surface area contributed by atoms with Crippen molar-refractivity contribution in [2.75, 3.05) is 12.5 Å². The Bertz CT molecular complexity index is 1060. The van der Waals surface area contributed by atoms with Gasteiger partial charge in [-0.2, -0.15) is 5.10 Å². The van der Waals surface area contributed by atoms with Gasteiger partial charge in [-0.1, -0.05) is 12.1 Å². The molecule has 0 heterocycles. The number of ether oxygens (including phenoxy) is 2. The van der Waals surface area contributed by atoms with E-state index < -0.39 is 4.92 Å². The number of nitro groups is 1. The van der Waals surface area contributed by atoms with Gasteiger partial charge in [-0.05, 0) is 57.9 Å². The van der Waals surface area contributed by atoms with E-state index in [1.165, 1.54) is 31.4 Å². The highest BCUT2D eigenvalue weighted by atomic mass is 79.9.